The maximum Gasteiger partial charge on any atom is 0.339 e. The third kappa shape index (κ3) is 2.73. The highest BCUT2D eigenvalue weighted by Crippen LogP contribution is 2.22. The zero-order valence-corrected chi connectivity index (χ0v) is 9.74. The Morgan fingerprint density at radius 3 is 2.50 bits per heavy atom. The molecule has 0 saturated heterocycles. The van der Waals surface area contributed by atoms with Gasteiger partial charge in [-0.2, -0.15) is 0 Å². The second-order valence-corrected chi connectivity index (χ2v) is 5.18. The first kappa shape index (κ1) is 12.5. The second-order valence-electron chi connectivity index (χ2n) is 3.17. The van der Waals surface area contributed by atoms with Crippen molar-refractivity contribution < 1.29 is 23.1 Å². The van der Waals surface area contributed by atoms with Gasteiger partial charge in [0.25, 0.3) is 0 Å². The van der Waals surface area contributed by atoms with Crippen LogP contribution < -0.4 is 4.74 Å². The van der Waals surface area contributed by atoms with Crippen molar-refractivity contribution in [3.05, 3.63) is 23.8 Å². The van der Waals surface area contributed by atoms with Gasteiger partial charge in [-0.05, 0) is 25.1 Å². The molecule has 0 bridgehead atoms. The van der Waals surface area contributed by atoms with Crippen molar-refractivity contribution in [1.29, 1.82) is 0 Å². The van der Waals surface area contributed by atoms with Gasteiger partial charge in [0.15, 0.2) is 9.84 Å². The highest BCUT2D eigenvalue weighted by molar-refractivity contribution is 7.90. The van der Waals surface area contributed by atoms with E-state index >= 15 is 0 Å². The molecule has 0 fully saturated rings. The fourth-order valence-corrected chi connectivity index (χ4v) is 1.84. The summed E-state index contributed by atoms with van der Waals surface area (Å²) in [6, 6.07) is 3.78. The smallest absolute Gasteiger partial charge is 0.339 e. The van der Waals surface area contributed by atoms with Crippen LogP contribution >= 0.6 is 0 Å². The monoisotopic (exact) mass is 244 g/mol. The Morgan fingerprint density at radius 1 is 1.44 bits per heavy atom. The van der Waals surface area contributed by atoms with Crippen molar-refractivity contribution in [3.63, 3.8) is 0 Å². The first-order valence-corrected chi connectivity index (χ1v) is 6.45. The Balaban J connectivity index is 3.34. The molecule has 1 aromatic rings. The van der Waals surface area contributed by atoms with E-state index in [1.165, 1.54) is 12.1 Å². The standard InChI is InChI=1S/C10H12O5S/c1-3-15-9-5-4-7(16(2,13)14)6-8(9)10(11)12/h4-6H,3H2,1-2H3,(H,11,12). The van der Waals surface area contributed by atoms with E-state index in [4.69, 9.17) is 9.84 Å². The van der Waals surface area contributed by atoms with Gasteiger partial charge >= 0.3 is 5.97 Å². The van der Waals surface area contributed by atoms with Crippen LogP contribution in [0.5, 0.6) is 5.75 Å². The first-order valence-electron chi connectivity index (χ1n) is 4.56. The Morgan fingerprint density at radius 2 is 2.06 bits per heavy atom. The van der Waals surface area contributed by atoms with E-state index in [-0.39, 0.29) is 16.2 Å². The number of benzene rings is 1. The van der Waals surface area contributed by atoms with Crippen molar-refractivity contribution in [3.8, 4) is 5.75 Å². The van der Waals surface area contributed by atoms with Gasteiger partial charge in [0.05, 0.1) is 11.5 Å². The number of hydrogen-bond donors (Lipinski definition) is 1. The summed E-state index contributed by atoms with van der Waals surface area (Å²) in [5, 5.41) is 8.91. The number of carboxylic acids is 1. The van der Waals surface area contributed by atoms with E-state index in [0.717, 1.165) is 12.3 Å². The summed E-state index contributed by atoms with van der Waals surface area (Å²) in [5.41, 5.74) is -0.148. The van der Waals surface area contributed by atoms with E-state index in [9.17, 15) is 13.2 Å². The first-order chi connectivity index (χ1) is 7.36. The molecular formula is C10H12O5S. The van der Waals surface area contributed by atoms with E-state index < -0.39 is 15.8 Å². The SMILES string of the molecule is CCOc1ccc(S(C)(=O)=O)cc1C(=O)O. The van der Waals surface area contributed by atoms with Crippen molar-refractivity contribution in [2.24, 2.45) is 0 Å². The van der Waals surface area contributed by atoms with Crippen LogP contribution in [0.3, 0.4) is 0 Å². The average molecular weight is 244 g/mol. The van der Waals surface area contributed by atoms with Crippen LogP contribution in [0.15, 0.2) is 23.1 Å². The molecule has 1 aromatic carbocycles. The summed E-state index contributed by atoms with van der Waals surface area (Å²) in [7, 11) is -3.41. The zero-order chi connectivity index (χ0) is 12.3. The molecule has 0 atom stereocenters. The second kappa shape index (κ2) is 4.52. The Kier molecular flexibility index (Phi) is 3.54. The molecule has 0 aliphatic rings. The maximum atomic E-state index is 11.2. The minimum atomic E-state index is -3.41. The van der Waals surface area contributed by atoms with Crippen LogP contribution in [-0.4, -0.2) is 32.4 Å². The minimum Gasteiger partial charge on any atom is -0.493 e. The average Bonchev–Trinajstić information content (AvgIpc) is 2.16. The lowest BCUT2D eigenvalue weighted by Crippen LogP contribution is -2.05. The summed E-state index contributed by atoms with van der Waals surface area (Å²) in [6.45, 7) is 2.04. The van der Waals surface area contributed by atoms with Gasteiger partial charge < -0.3 is 9.84 Å². The minimum absolute atomic E-state index is 0.0339. The zero-order valence-electron chi connectivity index (χ0n) is 8.93. The lowest BCUT2D eigenvalue weighted by molar-refractivity contribution is 0.0692. The number of ether oxygens (including phenoxy) is 1. The molecule has 0 aliphatic heterocycles. The maximum absolute atomic E-state index is 11.2. The Labute approximate surface area is 93.6 Å². The molecular weight excluding hydrogens is 232 g/mol. The molecule has 0 spiro atoms. The van der Waals surface area contributed by atoms with Gasteiger partial charge in [0.2, 0.25) is 0 Å². The van der Waals surface area contributed by atoms with Crippen LogP contribution in [0.2, 0.25) is 0 Å². The molecule has 6 heteroatoms. The van der Waals surface area contributed by atoms with Crippen LogP contribution in [0.4, 0.5) is 0 Å². The number of hydrogen-bond acceptors (Lipinski definition) is 4. The lowest BCUT2D eigenvalue weighted by Gasteiger charge is -2.08. The molecule has 0 amide bonds. The molecule has 0 aliphatic carbocycles. The van der Waals surface area contributed by atoms with Gasteiger partial charge in [0, 0.05) is 6.26 Å². The van der Waals surface area contributed by atoms with Crippen LogP contribution in [0.25, 0.3) is 0 Å². The molecule has 88 valence electrons. The predicted molar refractivity (Wildman–Crippen MR) is 57.7 cm³/mol. The number of sulfone groups is 1. The van der Waals surface area contributed by atoms with Gasteiger partial charge in [-0.15, -0.1) is 0 Å². The van der Waals surface area contributed by atoms with Crippen molar-refractivity contribution in [2.45, 2.75) is 11.8 Å². The van der Waals surface area contributed by atoms with Crippen molar-refractivity contribution in [1.82, 2.24) is 0 Å². The normalized spacial score (nSPS) is 11.1. The third-order valence-corrected chi connectivity index (χ3v) is 3.02. The topological polar surface area (TPSA) is 80.7 Å². The molecule has 1 N–H and O–H groups in total. The van der Waals surface area contributed by atoms with Crippen LogP contribution in [0.1, 0.15) is 17.3 Å². The van der Waals surface area contributed by atoms with Crippen molar-refractivity contribution in [2.75, 3.05) is 12.9 Å². The summed E-state index contributed by atoms with van der Waals surface area (Å²) in [4.78, 5) is 10.9. The van der Waals surface area contributed by atoms with Crippen LogP contribution in [-0.2, 0) is 9.84 Å². The van der Waals surface area contributed by atoms with Gasteiger partial charge in [-0.25, -0.2) is 13.2 Å². The third-order valence-electron chi connectivity index (χ3n) is 1.91. The van der Waals surface area contributed by atoms with Crippen LogP contribution in [0, 0.1) is 0 Å². The summed E-state index contributed by atoms with van der Waals surface area (Å²) in [6.07, 6.45) is 1.02. The van der Waals surface area contributed by atoms with Crippen molar-refractivity contribution >= 4 is 15.8 Å². The number of rotatable bonds is 4. The number of carbonyl (C=O) groups is 1. The fraction of sp³-hybridized carbons (Fsp3) is 0.300. The molecule has 5 nitrogen and oxygen atoms in total. The molecule has 0 unspecified atom stereocenters. The Bertz CT molecular complexity index is 504. The molecule has 0 saturated carbocycles. The van der Waals surface area contributed by atoms with E-state index in [0.29, 0.717) is 6.61 Å². The van der Waals surface area contributed by atoms with Gasteiger partial charge in [-0.3, -0.25) is 0 Å². The number of carboxylic acid groups (broad SMARTS) is 1. The van der Waals surface area contributed by atoms with E-state index in [1.54, 1.807) is 6.92 Å². The molecule has 1 rings (SSSR count). The molecule has 0 radical (unpaired) electrons. The largest absolute Gasteiger partial charge is 0.493 e. The summed E-state index contributed by atoms with van der Waals surface area (Å²) in [5.74, 6) is -1.05. The highest BCUT2D eigenvalue weighted by Gasteiger charge is 2.16. The lowest BCUT2D eigenvalue weighted by atomic mass is 10.2. The van der Waals surface area contributed by atoms with E-state index in [1.807, 2.05) is 0 Å². The summed E-state index contributed by atoms with van der Waals surface area (Å²) >= 11 is 0. The fourth-order valence-electron chi connectivity index (χ4n) is 1.19. The summed E-state index contributed by atoms with van der Waals surface area (Å²) < 4.78 is 27.6. The Hall–Kier alpha value is -1.56. The van der Waals surface area contributed by atoms with Gasteiger partial charge in [0.1, 0.15) is 11.3 Å². The predicted octanol–water partition coefficient (Wildman–Crippen LogP) is 1.19. The van der Waals surface area contributed by atoms with E-state index in [2.05, 4.69) is 0 Å². The highest BCUT2D eigenvalue weighted by atomic mass is 32.2. The molecule has 16 heavy (non-hydrogen) atoms. The van der Waals surface area contributed by atoms with Gasteiger partial charge in [-0.1, -0.05) is 0 Å². The number of aromatic carboxylic acids is 1. The molecule has 0 heterocycles. The molecule has 0 aromatic heterocycles. The quantitative estimate of drug-likeness (QED) is 0.860.